The maximum Gasteiger partial charge on any atom is 0.303 e. The maximum atomic E-state index is 14.9. The van der Waals surface area contributed by atoms with Crippen molar-refractivity contribution in [1.29, 1.82) is 0 Å². The Balaban J connectivity index is 0.00000101. The fourth-order valence-electron chi connectivity index (χ4n) is 4.69. The molecule has 0 bridgehead atoms. The van der Waals surface area contributed by atoms with Gasteiger partial charge in [-0.15, -0.1) is 0 Å². The van der Waals surface area contributed by atoms with Crippen LogP contribution in [0.2, 0.25) is 0 Å². The van der Waals surface area contributed by atoms with Crippen LogP contribution in [0, 0.1) is 23.0 Å². The summed E-state index contributed by atoms with van der Waals surface area (Å²) in [6, 6.07) is 15.2. The summed E-state index contributed by atoms with van der Waals surface area (Å²) in [5.41, 5.74) is 3.39. The van der Waals surface area contributed by atoms with Gasteiger partial charge in [-0.05, 0) is 77.1 Å². The van der Waals surface area contributed by atoms with Crippen LogP contribution in [0.25, 0.3) is 11.1 Å². The van der Waals surface area contributed by atoms with Gasteiger partial charge in [0.1, 0.15) is 18.2 Å². The summed E-state index contributed by atoms with van der Waals surface area (Å²) in [6.07, 6.45) is 5.70. The van der Waals surface area contributed by atoms with Gasteiger partial charge in [0, 0.05) is 12.0 Å². The van der Waals surface area contributed by atoms with Gasteiger partial charge in [-0.25, -0.2) is 8.78 Å². The largest absolute Gasteiger partial charge is 0.497 e. The molecule has 1 aliphatic carbocycles. The Kier molecular flexibility index (Phi) is 11.1. The van der Waals surface area contributed by atoms with E-state index in [1.807, 2.05) is 18.2 Å². The minimum atomic E-state index is -0.980. The zero-order valence-corrected chi connectivity index (χ0v) is 24.4. The van der Waals surface area contributed by atoms with Gasteiger partial charge in [0.15, 0.2) is 11.6 Å². The lowest BCUT2D eigenvalue weighted by atomic mass is 9.79. The van der Waals surface area contributed by atoms with Crippen LogP contribution < -0.4 is 9.47 Å². The van der Waals surface area contributed by atoms with E-state index < -0.39 is 11.8 Å². The average molecular weight is 553 g/mol. The van der Waals surface area contributed by atoms with Crippen LogP contribution >= 0.6 is 0 Å². The van der Waals surface area contributed by atoms with Crippen LogP contribution in [-0.2, 0) is 24.2 Å². The van der Waals surface area contributed by atoms with Crippen LogP contribution in [0.15, 0.2) is 54.6 Å². The molecule has 1 N–H and O–H groups in total. The molecule has 0 aliphatic heterocycles. The van der Waals surface area contributed by atoms with E-state index in [1.165, 1.54) is 25.0 Å². The van der Waals surface area contributed by atoms with Crippen molar-refractivity contribution in [3.8, 4) is 22.6 Å². The lowest BCUT2D eigenvalue weighted by Gasteiger charge is -2.26. The summed E-state index contributed by atoms with van der Waals surface area (Å²) >= 11 is 0. The van der Waals surface area contributed by atoms with Gasteiger partial charge in [-0.2, -0.15) is 0 Å². The second kappa shape index (κ2) is 14.3. The van der Waals surface area contributed by atoms with Crippen molar-refractivity contribution < 1.29 is 28.2 Å². The highest BCUT2D eigenvalue weighted by atomic mass is 19.1. The zero-order valence-electron chi connectivity index (χ0n) is 24.4. The number of halogens is 2. The molecule has 0 amide bonds. The number of hydrogen-bond donors (Lipinski definition) is 1. The summed E-state index contributed by atoms with van der Waals surface area (Å²) in [5.74, 6) is -0.107. The number of methoxy groups -OCH3 is 1. The van der Waals surface area contributed by atoms with Crippen molar-refractivity contribution in [3.63, 3.8) is 0 Å². The molecule has 1 aliphatic rings. The smallest absolute Gasteiger partial charge is 0.303 e. The number of carboxylic acids is 1. The predicted octanol–water partition coefficient (Wildman–Crippen LogP) is 9.02. The van der Waals surface area contributed by atoms with Crippen molar-refractivity contribution in [3.05, 3.63) is 82.9 Å². The quantitative estimate of drug-likeness (QED) is 0.244. The van der Waals surface area contributed by atoms with Crippen molar-refractivity contribution >= 4 is 5.97 Å². The highest BCUT2D eigenvalue weighted by Gasteiger charge is 2.22. The lowest BCUT2D eigenvalue weighted by Crippen LogP contribution is -2.15. The summed E-state index contributed by atoms with van der Waals surface area (Å²) in [4.78, 5) is 10.9. The van der Waals surface area contributed by atoms with Crippen molar-refractivity contribution in [2.24, 2.45) is 11.3 Å². The van der Waals surface area contributed by atoms with Gasteiger partial charge in [0.25, 0.3) is 0 Å². The fourth-order valence-corrected chi connectivity index (χ4v) is 4.69. The number of benzene rings is 3. The number of ether oxygens (including phenoxy) is 2. The first-order valence-corrected chi connectivity index (χ1v) is 14.1. The van der Waals surface area contributed by atoms with Gasteiger partial charge in [0.2, 0.25) is 0 Å². The van der Waals surface area contributed by atoms with Crippen LogP contribution in [0.4, 0.5) is 8.78 Å². The lowest BCUT2D eigenvalue weighted by molar-refractivity contribution is -0.136. The van der Waals surface area contributed by atoms with E-state index in [2.05, 4.69) is 27.7 Å². The van der Waals surface area contributed by atoms with Crippen LogP contribution in [0.3, 0.4) is 0 Å². The second-order valence-electron chi connectivity index (χ2n) is 11.5. The molecule has 1 saturated carbocycles. The van der Waals surface area contributed by atoms with Crippen LogP contribution in [0.5, 0.6) is 11.5 Å². The van der Waals surface area contributed by atoms with Gasteiger partial charge in [-0.1, -0.05) is 77.3 Å². The molecule has 3 aromatic carbocycles. The number of hydrogen-bond acceptors (Lipinski definition) is 3. The number of aliphatic carboxylic acids is 1. The van der Waals surface area contributed by atoms with E-state index in [4.69, 9.17) is 14.6 Å². The van der Waals surface area contributed by atoms with E-state index in [9.17, 15) is 13.6 Å². The molecule has 4 nitrogen and oxygen atoms in total. The minimum Gasteiger partial charge on any atom is -0.497 e. The fraction of sp³-hybridized carbons (Fsp3) is 0.441. The molecule has 4 rings (SSSR count). The van der Waals surface area contributed by atoms with E-state index in [-0.39, 0.29) is 36.4 Å². The Labute approximate surface area is 237 Å². The molecular formula is C34H42F2O4. The molecule has 3 aromatic rings. The highest BCUT2D eigenvalue weighted by molar-refractivity contribution is 5.70. The maximum absolute atomic E-state index is 14.9. The predicted molar refractivity (Wildman–Crippen MR) is 156 cm³/mol. The Morgan fingerprint density at radius 2 is 1.75 bits per heavy atom. The Morgan fingerprint density at radius 3 is 2.38 bits per heavy atom. The highest BCUT2D eigenvalue weighted by Crippen LogP contribution is 2.36. The van der Waals surface area contributed by atoms with Gasteiger partial charge >= 0.3 is 5.97 Å². The third kappa shape index (κ3) is 9.35. The first-order valence-electron chi connectivity index (χ1n) is 14.1. The van der Waals surface area contributed by atoms with E-state index in [0.717, 1.165) is 41.9 Å². The topological polar surface area (TPSA) is 55.8 Å². The zero-order chi connectivity index (χ0) is 29.3. The molecule has 0 atom stereocenters. The normalized spacial score (nSPS) is 12.9. The molecule has 0 spiro atoms. The van der Waals surface area contributed by atoms with Gasteiger partial charge in [-0.3, -0.25) is 4.79 Å². The van der Waals surface area contributed by atoms with E-state index in [0.29, 0.717) is 16.9 Å². The first kappa shape index (κ1) is 31.1. The molecule has 0 aromatic heterocycles. The summed E-state index contributed by atoms with van der Waals surface area (Å²) in [5, 5.41) is 8.89. The van der Waals surface area contributed by atoms with Crippen LogP contribution in [0.1, 0.15) is 76.5 Å². The van der Waals surface area contributed by atoms with Crippen molar-refractivity contribution in [2.45, 2.75) is 79.2 Å². The number of aryl methyl sites for hydroxylation is 1. The summed E-state index contributed by atoms with van der Waals surface area (Å²) < 4.78 is 40.8. The third-order valence-electron chi connectivity index (χ3n) is 7.14. The summed E-state index contributed by atoms with van der Waals surface area (Å²) in [6.45, 7) is 8.95. The van der Waals surface area contributed by atoms with Crippen molar-refractivity contribution in [1.82, 2.24) is 0 Å². The van der Waals surface area contributed by atoms with Crippen molar-refractivity contribution in [2.75, 3.05) is 7.11 Å². The Bertz CT molecular complexity index is 1280. The monoisotopic (exact) mass is 552 g/mol. The molecule has 6 heteroatoms. The molecule has 0 heterocycles. The number of rotatable bonds is 12. The molecule has 40 heavy (non-hydrogen) atoms. The average Bonchev–Trinajstić information content (AvgIpc) is 3.70. The number of carbonyl (C=O) groups is 1. The first-order chi connectivity index (χ1) is 19.0. The summed E-state index contributed by atoms with van der Waals surface area (Å²) in [7, 11) is 1.55. The number of carboxylic acid groups (broad SMARTS) is 1. The molecule has 0 radical (unpaired) electrons. The Morgan fingerprint density at radius 1 is 1.02 bits per heavy atom. The molecule has 0 unspecified atom stereocenters. The Hall–Kier alpha value is -3.41. The van der Waals surface area contributed by atoms with Crippen LogP contribution in [-0.4, -0.2) is 18.2 Å². The second-order valence-corrected chi connectivity index (χ2v) is 11.5. The molecular weight excluding hydrogens is 510 g/mol. The van der Waals surface area contributed by atoms with Gasteiger partial charge in [0.05, 0.1) is 7.11 Å². The standard InChI is InChI=1S/C30H34F2O4.C4H8/c1-5-15-30(2,3)18-22-16-20(9-12-24(22)25-17-23(35-4)11-13-26(25)31)19-36-27-8-6-7-21(29(27)32)10-14-28(33)34;1-4-2-3-4/h6-9,11-13,16-17H,5,10,14-15,18-19H2,1-4H3,(H,33,34);4H,2-3H2,1H3. The van der Waals surface area contributed by atoms with Gasteiger partial charge < -0.3 is 14.6 Å². The minimum absolute atomic E-state index is 0.00288. The molecule has 216 valence electrons. The third-order valence-corrected chi connectivity index (χ3v) is 7.14. The van der Waals surface area contributed by atoms with E-state index >= 15 is 0 Å². The van der Waals surface area contributed by atoms with E-state index in [1.54, 1.807) is 31.4 Å². The SMILES string of the molecule is CC1CC1.CCCC(C)(C)Cc1cc(COc2cccc(CCC(=O)O)c2F)ccc1-c1cc(OC)ccc1F. The molecule has 0 saturated heterocycles. The molecule has 1 fully saturated rings.